The fourth-order valence-corrected chi connectivity index (χ4v) is 2.92. The number of likely N-dealkylation sites (tertiary alicyclic amines) is 1. The third kappa shape index (κ3) is 6.03. The minimum atomic E-state index is -0.480. The van der Waals surface area contributed by atoms with Crippen molar-refractivity contribution in [1.82, 2.24) is 14.8 Å². The lowest BCUT2D eigenvalue weighted by Crippen LogP contribution is -2.48. The normalized spacial score (nSPS) is 15.8. The molecule has 0 atom stereocenters. The molecule has 2 amide bonds. The molecule has 0 saturated carbocycles. The predicted molar refractivity (Wildman–Crippen MR) is 96.2 cm³/mol. The van der Waals surface area contributed by atoms with E-state index in [1.165, 1.54) is 0 Å². The average Bonchev–Trinajstić information content (AvgIpc) is 2.58. The molecule has 0 unspecified atom stereocenters. The summed E-state index contributed by atoms with van der Waals surface area (Å²) in [7, 11) is 1.86. The van der Waals surface area contributed by atoms with Crippen LogP contribution in [0, 0.1) is 0 Å². The van der Waals surface area contributed by atoms with Crippen LogP contribution in [0.1, 0.15) is 45.7 Å². The summed E-state index contributed by atoms with van der Waals surface area (Å²) in [5, 5.41) is 0. The lowest BCUT2D eigenvalue weighted by molar-refractivity contribution is -0.132. The van der Waals surface area contributed by atoms with E-state index in [0.717, 1.165) is 18.5 Å². The van der Waals surface area contributed by atoms with Crippen molar-refractivity contribution in [2.24, 2.45) is 0 Å². The number of pyridine rings is 1. The Kier molecular flexibility index (Phi) is 6.39. The van der Waals surface area contributed by atoms with Gasteiger partial charge in [0, 0.05) is 44.5 Å². The quantitative estimate of drug-likeness (QED) is 0.840. The minimum Gasteiger partial charge on any atom is -0.444 e. The van der Waals surface area contributed by atoms with Gasteiger partial charge in [0.2, 0.25) is 5.91 Å². The Bertz CT molecular complexity index is 575. The highest BCUT2D eigenvalue weighted by Crippen LogP contribution is 2.19. The first-order valence-electron chi connectivity index (χ1n) is 8.90. The molecule has 1 fully saturated rings. The molecule has 1 aromatic heterocycles. The Labute approximate surface area is 150 Å². The summed E-state index contributed by atoms with van der Waals surface area (Å²) < 4.78 is 5.41. The topological polar surface area (TPSA) is 62.7 Å². The standard InChI is InChI=1S/C19H29N3O3/c1-19(2,3)25-18(24)22-13-10-16(11-14-22)21(4)17(23)9-8-15-7-5-6-12-20-15/h5-7,12,16H,8-11,13-14H2,1-4H3. The van der Waals surface area contributed by atoms with Gasteiger partial charge in [-0.25, -0.2) is 4.79 Å². The van der Waals surface area contributed by atoms with Gasteiger partial charge in [0.1, 0.15) is 5.60 Å². The van der Waals surface area contributed by atoms with E-state index in [2.05, 4.69) is 4.98 Å². The van der Waals surface area contributed by atoms with Crippen LogP contribution in [0.4, 0.5) is 4.79 Å². The van der Waals surface area contributed by atoms with Crippen molar-refractivity contribution < 1.29 is 14.3 Å². The second kappa shape index (κ2) is 8.32. The van der Waals surface area contributed by atoms with Crippen LogP contribution in [0.5, 0.6) is 0 Å². The van der Waals surface area contributed by atoms with Crippen LogP contribution >= 0.6 is 0 Å². The van der Waals surface area contributed by atoms with Crippen LogP contribution in [0.25, 0.3) is 0 Å². The van der Waals surface area contributed by atoms with E-state index in [4.69, 9.17) is 4.74 Å². The van der Waals surface area contributed by atoms with E-state index in [1.54, 1.807) is 11.1 Å². The highest BCUT2D eigenvalue weighted by atomic mass is 16.6. The number of amides is 2. The molecule has 6 heteroatoms. The van der Waals surface area contributed by atoms with E-state index in [9.17, 15) is 9.59 Å². The van der Waals surface area contributed by atoms with E-state index >= 15 is 0 Å². The number of hydrogen-bond acceptors (Lipinski definition) is 4. The number of ether oxygens (including phenoxy) is 1. The monoisotopic (exact) mass is 347 g/mol. The van der Waals surface area contributed by atoms with E-state index in [0.29, 0.717) is 25.9 Å². The number of carbonyl (C=O) groups excluding carboxylic acids is 2. The summed E-state index contributed by atoms with van der Waals surface area (Å²) >= 11 is 0. The average molecular weight is 347 g/mol. The summed E-state index contributed by atoms with van der Waals surface area (Å²) in [6.07, 6.45) is 4.15. The molecule has 1 aromatic rings. The number of carbonyl (C=O) groups is 2. The predicted octanol–water partition coefficient (Wildman–Crippen LogP) is 2.87. The molecule has 1 aliphatic heterocycles. The summed E-state index contributed by atoms with van der Waals surface area (Å²) in [6, 6.07) is 5.92. The van der Waals surface area contributed by atoms with Crippen molar-refractivity contribution in [3.05, 3.63) is 30.1 Å². The van der Waals surface area contributed by atoms with E-state index in [1.807, 2.05) is 50.9 Å². The van der Waals surface area contributed by atoms with Crippen LogP contribution in [0.15, 0.2) is 24.4 Å². The number of aromatic nitrogens is 1. The summed E-state index contributed by atoms with van der Waals surface area (Å²) in [4.78, 5) is 32.3. The van der Waals surface area contributed by atoms with Crippen molar-refractivity contribution in [2.75, 3.05) is 20.1 Å². The van der Waals surface area contributed by atoms with E-state index in [-0.39, 0.29) is 18.0 Å². The highest BCUT2D eigenvalue weighted by Gasteiger charge is 2.29. The number of hydrogen-bond donors (Lipinski definition) is 0. The molecule has 0 radical (unpaired) electrons. The van der Waals surface area contributed by atoms with Gasteiger partial charge in [0.25, 0.3) is 0 Å². The van der Waals surface area contributed by atoms with Crippen molar-refractivity contribution in [1.29, 1.82) is 0 Å². The van der Waals surface area contributed by atoms with Crippen LogP contribution in [-0.4, -0.2) is 58.6 Å². The van der Waals surface area contributed by atoms with Crippen LogP contribution < -0.4 is 0 Å². The van der Waals surface area contributed by atoms with Crippen LogP contribution in [0.3, 0.4) is 0 Å². The molecule has 0 N–H and O–H groups in total. The maximum atomic E-state index is 12.4. The number of piperidine rings is 1. The zero-order valence-corrected chi connectivity index (χ0v) is 15.7. The number of nitrogens with zero attached hydrogens (tertiary/aromatic N) is 3. The molecular weight excluding hydrogens is 318 g/mol. The highest BCUT2D eigenvalue weighted by molar-refractivity contribution is 5.76. The molecule has 25 heavy (non-hydrogen) atoms. The molecule has 6 nitrogen and oxygen atoms in total. The fourth-order valence-electron chi connectivity index (χ4n) is 2.92. The smallest absolute Gasteiger partial charge is 0.410 e. The van der Waals surface area contributed by atoms with Crippen molar-refractivity contribution in [2.45, 2.75) is 58.1 Å². The fraction of sp³-hybridized carbons (Fsp3) is 0.632. The van der Waals surface area contributed by atoms with Gasteiger partial charge in [-0.05, 0) is 52.2 Å². The molecule has 2 rings (SSSR count). The lowest BCUT2D eigenvalue weighted by Gasteiger charge is -2.37. The van der Waals surface area contributed by atoms with Crippen molar-refractivity contribution in [3.8, 4) is 0 Å². The first-order valence-corrected chi connectivity index (χ1v) is 8.90. The van der Waals surface area contributed by atoms with Crippen LogP contribution in [0.2, 0.25) is 0 Å². The zero-order chi connectivity index (χ0) is 18.4. The lowest BCUT2D eigenvalue weighted by atomic mass is 10.0. The van der Waals surface area contributed by atoms with E-state index < -0.39 is 5.60 Å². The molecule has 0 aliphatic carbocycles. The second-order valence-electron chi connectivity index (χ2n) is 7.52. The largest absolute Gasteiger partial charge is 0.444 e. The first-order chi connectivity index (χ1) is 11.8. The first kappa shape index (κ1) is 19.2. The second-order valence-corrected chi connectivity index (χ2v) is 7.52. The number of rotatable bonds is 4. The molecule has 2 heterocycles. The van der Waals surface area contributed by atoms with Gasteiger partial charge in [-0.15, -0.1) is 0 Å². The Balaban J connectivity index is 1.77. The minimum absolute atomic E-state index is 0.126. The molecule has 138 valence electrons. The molecule has 0 aromatic carbocycles. The zero-order valence-electron chi connectivity index (χ0n) is 15.7. The summed E-state index contributed by atoms with van der Waals surface area (Å²) in [5.41, 5.74) is 0.454. The molecular formula is C19H29N3O3. The Hall–Kier alpha value is -2.11. The van der Waals surface area contributed by atoms with Gasteiger partial charge in [0.15, 0.2) is 0 Å². The van der Waals surface area contributed by atoms with Crippen molar-refractivity contribution in [3.63, 3.8) is 0 Å². The SMILES string of the molecule is CN(C(=O)CCc1ccccn1)C1CCN(C(=O)OC(C)(C)C)CC1. The maximum Gasteiger partial charge on any atom is 0.410 e. The van der Waals surface area contributed by atoms with Gasteiger partial charge < -0.3 is 14.5 Å². The molecule has 0 bridgehead atoms. The summed E-state index contributed by atoms with van der Waals surface area (Å²) in [6.45, 7) is 6.85. The third-order valence-corrected chi connectivity index (χ3v) is 4.38. The van der Waals surface area contributed by atoms with Crippen molar-refractivity contribution >= 4 is 12.0 Å². The van der Waals surface area contributed by atoms with Gasteiger partial charge >= 0.3 is 6.09 Å². The van der Waals surface area contributed by atoms with Gasteiger partial charge in [-0.3, -0.25) is 9.78 Å². The maximum absolute atomic E-state index is 12.4. The van der Waals surface area contributed by atoms with Gasteiger partial charge in [-0.2, -0.15) is 0 Å². The third-order valence-electron chi connectivity index (χ3n) is 4.38. The van der Waals surface area contributed by atoms with Gasteiger partial charge in [-0.1, -0.05) is 6.07 Å². The Morgan fingerprint density at radius 1 is 1.28 bits per heavy atom. The van der Waals surface area contributed by atoms with Crippen LogP contribution in [-0.2, 0) is 16.0 Å². The molecule has 1 saturated heterocycles. The van der Waals surface area contributed by atoms with Gasteiger partial charge in [0.05, 0.1) is 0 Å². The summed E-state index contributed by atoms with van der Waals surface area (Å²) in [5.74, 6) is 0.126. The molecule has 1 aliphatic rings. The Morgan fingerprint density at radius 2 is 1.96 bits per heavy atom. The number of aryl methyl sites for hydroxylation is 1. The molecule has 0 spiro atoms. The Morgan fingerprint density at radius 3 is 2.52 bits per heavy atom.